The number of aryl methyl sites for hydroxylation is 1. The van der Waals surface area contributed by atoms with Crippen LogP contribution in [0.3, 0.4) is 0 Å². The van der Waals surface area contributed by atoms with Gasteiger partial charge < -0.3 is 4.74 Å². The van der Waals surface area contributed by atoms with Crippen LogP contribution in [-0.4, -0.2) is 22.6 Å². The van der Waals surface area contributed by atoms with Gasteiger partial charge in [0.25, 0.3) is 0 Å². The standard InChI is InChI=1S/C6H8N2OS/c1-9-5-4-6-8(7-5)2-3-10-6/h4H,2-3H2,1H3. The van der Waals surface area contributed by atoms with Gasteiger partial charge in [-0.2, -0.15) is 0 Å². The highest BCUT2D eigenvalue weighted by Gasteiger charge is 2.13. The van der Waals surface area contributed by atoms with Crippen molar-refractivity contribution in [2.75, 3.05) is 12.9 Å². The zero-order valence-electron chi connectivity index (χ0n) is 5.70. The van der Waals surface area contributed by atoms with Crippen molar-refractivity contribution in [1.29, 1.82) is 0 Å². The highest BCUT2D eigenvalue weighted by Crippen LogP contribution is 2.27. The SMILES string of the molecule is COc1cc2n(n1)CCS2. The fourth-order valence-electron chi connectivity index (χ4n) is 0.990. The maximum Gasteiger partial charge on any atom is 0.233 e. The molecule has 0 aromatic carbocycles. The molecule has 10 heavy (non-hydrogen) atoms. The van der Waals surface area contributed by atoms with Gasteiger partial charge in [-0.05, 0) is 0 Å². The highest BCUT2D eigenvalue weighted by atomic mass is 32.2. The molecule has 0 saturated carbocycles. The van der Waals surface area contributed by atoms with Crippen LogP contribution in [0.25, 0.3) is 0 Å². The van der Waals surface area contributed by atoms with Gasteiger partial charge in [-0.15, -0.1) is 16.9 Å². The monoisotopic (exact) mass is 156 g/mol. The summed E-state index contributed by atoms with van der Waals surface area (Å²) in [7, 11) is 1.64. The number of fused-ring (bicyclic) bond motifs is 1. The van der Waals surface area contributed by atoms with Crippen LogP contribution in [0.1, 0.15) is 0 Å². The molecular formula is C6H8N2OS. The van der Waals surface area contributed by atoms with E-state index in [0.717, 1.165) is 18.2 Å². The third kappa shape index (κ3) is 0.794. The van der Waals surface area contributed by atoms with Crippen molar-refractivity contribution in [3.05, 3.63) is 6.07 Å². The number of hydrogen-bond acceptors (Lipinski definition) is 3. The normalized spacial score (nSPS) is 15.3. The maximum absolute atomic E-state index is 4.97. The second-order valence-electron chi connectivity index (χ2n) is 2.10. The minimum Gasteiger partial charge on any atom is -0.480 e. The molecule has 0 bridgehead atoms. The van der Waals surface area contributed by atoms with Crippen molar-refractivity contribution in [1.82, 2.24) is 9.78 Å². The lowest BCUT2D eigenvalue weighted by molar-refractivity contribution is 0.389. The molecular weight excluding hydrogens is 148 g/mol. The van der Waals surface area contributed by atoms with E-state index in [9.17, 15) is 0 Å². The van der Waals surface area contributed by atoms with Gasteiger partial charge in [0.2, 0.25) is 5.88 Å². The van der Waals surface area contributed by atoms with Crippen LogP contribution in [0.5, 0.6) is 5.88 Å². The van der Waals surface area contributed by atoms with Crippen molar-refractivity contribution >= 4 is 11.8 Å². The molecule has 0 radical (unpaired) electrons. The zero-order valence-corrected chi connectivity index (χ0v) is 6.52. The summed E-state index contributed by atoms with van der Waals surface area (Å²) in [6.07, 6.45) is 0. The molecule has 0 spiro atoms. The van der Waals surface area contributed by atoms with E-state index in [1.54, 1.807) is 7.11 Å². The fraction of sp³-hybridized carbons (Fsp3) is 0.500. The summed E-state index contributed by atoms with van der Waals surface area (Å²) in [6.45, 7) is 1.02. The van der Waals surface area contributed by atoms with Crippen LogP contribution in [0.2, 0.25) is 0 Å². The van der Waals surface area contributed by atoms with Crippen LogP contribution in [0.15, 0.2) is 11.1 Å². The van der Waals surface area contributed by atoms with Crippen molar-refractivity contribution in [2.45, 2.75) is 11.6 Å². The molecule has 0 fully saturated rings. The van der Waals surface area contributed by atoms with Crippen LogP contribution in [0, 0.1) is 0 Å². The summed E-state index contributed by atoms with van der Waals surface area (Å²) in [4.78, 5) is 0. The summed E-state index contributed by atoms with van der Waals surface area (Å²) in [5, 5.41) is 5.40. The van der Waals surface area contributed by atoms with Crippen molar-refractivity contribution in [3.63, 3.8) is 0 Å². The van der Waals surface area contributed by atoms with Gasteiger partial charge in [-0.1, -0.05) is 0 Å². The summed E-state index contributed by atoms with van der Waals surface area (Å²) < 4.78 is 6.94. The molecule has 1 aromatic rings. The lowest BCUT2D eigenvalue weighted by atomic mass is 10.7. The number of methoxy groups -OCH3 is 1. The van der Waals surface area contributed by atoms with Gasteiger partial charge in [0.05, 0.1) is 18.7 Å². The average Bonchev–Trinajstić information content (AvgIpc) is 2.42. The van der Waals surface area contributed by atoms with Crippen LogP contribution < -0.4 is 4.74 Å². The van der Waals surface area contributed by atoms with Gasteiger partial charge in [-0.25, -0.2) is 0 Å². The van der Waals surface area contributed by atoms with E-state index in [-0.39, 0.29) is 0 Å². The Hall–Kier alpha value is -0.640. The molecule has 0 N–H and O–H groups in total. The molecule has 0 unspecified atom stereocenters. The molecule has 0 amide bonds. The van der Waals surface area contributed by atoms with E-state index in [2.05, 4.69) is 5.10 Å². The first-order valence-electron chi connectivity index (χ1n) is 3.15. The molecule has 1 aliphatic heterocycles. The average molecular weight is 156 g/mol. The Labute approximate surface area is 63.4 Å². The summed E-state index contributed by atoms with van der Waals surface area (Å²) in [6, 6.07) is 1.97. The molecule has 1 aromatic heterocycles. The number of hydrogen-bond donors (Lipinski definition) is 0. The van der Waals surface area contributed by atoms with E-state index in [1.165, 1.54) is 5.03 Å². The molecule has 1 aliphatic rings. The van der Waals surface area contributed by atoms with E-state index in [1.807, 2.05) is 22.5 Å². The molecule has 2 heterocycles. The first kappa shape index (κ1) is 6.09. The summed E-state index contributed by atoms with van der Waals surface area (Å²) in [5.74, 6) is 1.87. The van der Waals surface area contributed by atoms with Gasteiger partial charge in [0, 0.05) is 11.8 Å². The predicted molar refractivity (Wildman–Crippen MR) is 39.5 cm³/mol. The first-order chi connectivity index (χ1) is 4.90. The van der Waals surface area contributed by atoms with E-state index in [0.29, 0.717) is 0 Å². The largest absolute Gasteiger partial charge is 0.480 e. The lowest BCUT2D eigenvalue weighted by Crippen LogP contribution is -1.95. The van der Waals surface area contributed by atoms with Gasteiger partial charge in [0.15, 0.2) is 0 Å². The lowest BCUT2D eigenvalue weighted by Gasteiger charge is -1.90. The Morgan fingerprint density at radius 1 is 1.80 bits per heavy atom. The number of nitrogens with zero attached hydrogens (tertiary/aromatic N) is 2. The molecule has 3 nitrogen and oxygen atoms in total. The van der Waals surface area contributed by atoms with E-state index >= 15 is 0 Å². The third-order valence-corrected chi connectivity index (χ3v) is 2.49. The number of rotatable bonds is 1. The second kappa shape index (κ2) is 2.20. The van der Waals surface area contributed by atoms with E-state index < -0.39 is 0 Å². The summed E-state index contributed by atoms with van der Waals surface area (Å²) in [5.41, 5.74) is 0. The predicted octanol–water partition coefficient (Wildman–Crippen LogP) is 0.997. The molecule has 0 saturated heterocycles. The second-order valence-corrected chi connectivity index (χ2v) is 3.21. The van der Waals surface area contributed by atoms with Gasteiger partial charge in [0.1, 0.15) is 0 Å². The third-order valence-electron chi connectivity index (χ3n) is 1.48. The Balaban J connectivity index is 2.37. The molecule has 2 rings (SSSR count). The number of aromatic nitrogens is 2. The van der Waals surface area contributed by atoms with Crippen molar-refractivity contribution in [2.24, 2.45) is 0 Å². The Morgan fingerprint density at radius 3 is 3.40 bits per heavy atom. The molecule has 4 heteroatoms. The minimum atomic E-state index is 0.724. The number of ether oxygens (including phenoxy) is 1. The smallest absolute Gasteiger partial charge is 0.233 e. The van der Waals surface area contributed by atoms with Gasteiger partial charge in [-0.3, -0.25) is 4.68 Å². The highest BCUT2D eigenvalue weighted by molar-refractivity contribution is 7.99. The first-order valence-corrected chi connectivity index (χ1v) is 4.13. The fourth-order valence-corrected chi connectivity index (χ4v) is 1.93. The van der Waals surface area contributed by atoms with Crippen LogP contribution in [-0.2, 0) is 6.54 Å². The topological polar surface area (TPSA) is 27.1 Å². The van der Waals surface area contributed by atoms with Gasteiger partial charge >= 0.3 is 0 Å². The maximum atomic E-state index is 4.97. The molecule has 54 valence electrons. The van der Waals surface area contributed by atoms with E-state index in [4.69, 9.17) is 4.74 Å². The Kier molecular flexibility index (Phi) is 1.34. The van der Waals surface area contributed by atoms with Crippen molar-refractivity contribution < 1.29 is 4.74 Å². The molecule has 0 aliphatic carbocycles. The van der Waals surface area contributed by atoms with Crippen LogP contribution >= 0.6 is 11.8 Å². The Bertz CT molecular complexity index is 224. The van der Waals surface area contributed by atoms with Crippen LogP contribution in [0.4, 0.5) is 0 Å². The zero-order chi connectivity index (χ0) is 6.97. The minimum absolute atomic E-state index is 0.724. The molecule has 0 atom stereocenters. The van der Waals surface area contributed by atoms with Crippen molar-refractivity contribution in [3.8, 4) is 5.88 Å². The quantitative estimate of drug-likeness (QED) is 0.607. The summed E-state index contributed by atoms with van der Waals surface area (Å²) >= 11 is 1.82. The number of thioether (sulfide) groups is 1. The Morgan fingerprint density at radius 2 is 2.70 bits per heavy atom.